The zero-order chi connectivity index (χ0) is 17.2. The number of anilines is 1. The van der Waals surface area contributed by atoms with Gasteiger partial charge in [-0.25, -0.2) is 0 Å². The summed E-state index contributed by atoms with van der Waals surface area (Å²) in [6.45, 7) is 3.78. The normalized spacial score (nSPS) is 24.8. The number of amides is 2. The van der Waals surface area contributed by atoms with Gasteiger partial charge < -0.3 is 15.5 Å². The van der Waals surface area contributed by atoms with Gasteiger partial charge in [0.2, 0.25) is 11.8 Å². The Bertz CT molecular complexity index is 620. The summed E-state index contributed by atoms with van der Waals surface area (Å²) >= 11 is 0. The average Bonchev–Trinajstić information content (AvgIpc) is 3.01. The molecule has 25 heavy (non-hydrogen) atoms. The Balaban J connectivity index is 0.00000225. The van der Waals surface area contributed by atoms with Crippen molar-refractivity contribution in [2.75, 3.05) is 32.0 Å². The Kier molecular flexibility index (Phi) is 6.47. The van der Waals surface area contributed by atoms with Crippen molar-refractivity contribution in [3.63, 3.8) is 0 Å². The van der Waals surface area contributed by atoms with Crippen LogP contribution < -0.4 is 10.6 Å². The van der Waals surface area contributed by atoms with Crippen LogP contribution >= 0.6 is 12.4 Å². The first-order valence-electron chi connectivity index (χ1n) is 8.84. The lowest BCUT2D eigenvalue weighted by atomic mass is 9.67. The van der Waals surface area contributed by atoms with Gasteiger partial charge in [0.25, 0.3) is 0 Å². The van der Waals surface area contributed by atoms with Gasteiger partial charge in [0, 0.05) is 19.3 Å². The number of rotatable bonds is 4. The van der Waals surface area contributed by atoms with E-state index in [1.165, 1.54) is 6.42 Å². The highest BCUT2D eigenvalue weighted by molar-refractivity contribution is 5.95. The number of hydrogen-bond acceptors (Lipinski definition) is 3. The van der Waals surface area contributed by atoms with E-state index in [0.717, 1.165) is 43.6 Å². The van der Waals surface area contributed by atoms with E-state index in [2.05, 4.69) is 10.6 Å². The Labute approximate surface area is 155 Å². The van der Waals surface area contributed by atoms with Crippen LogP contribution in [0.5, 0.6) is 0 Å². The summed E-state index contributed by atoms with van der Waals surface area (Å²) in [5.74, 6) is 0.391. The molecule has 1 aromatic rings. The zero-order valence-corrected chi connectivity index (χ0v) is 15.8. The third kappa shape index (κ3) is 4.15. The van der Waals surface area contributed by atoms with Crippen molar-refractivity contribution in [2.45, 2.75) is 32.6 Å². The molecule has 2 aliphatic rings. The maximum Gasteiger partial charge on any atom is 0.243 e. The minimum Gasteiger partial charge on any atom is -0.336 e. The van der Waals surface area contributed by atoms with Gasteiger partial charge in [-0.05, 0) is 44.4 Å². The fraction of sp³-hybridized carbons (Fsp3) is 0.579. The van der Waals surface area contributed by atoms with Gasteiger partial charge in [-0.1, -0.05) is 30.5 Å². The first-order chi connectivity index (χ1) is 11.5. The lowest BCUT2D eigenvalue weighted by molar-refractivity contribution is -0.145. The zero-order valence-electron chi connectivity index (χ0n) is 15.0. The van der Waals surface area contributed by atoms with Crippen molar-refractivity contribution in [2.24, 2.45) is 11.3 Å². The topological polar surface area (TPSA) is 61.4 Å². The van der Waals surface area contributed by atoms with E-state index in [1.807, 2.05) is 31.2 Å². The molecule has 1 saturated carbocycles. The van der Waals surface area contributed by atoms with Crippen LogP contribution in [0.2, 0.25) is 0 Å². The number of carbonyl (C=O) groups excluding carboxylic acids is 2. The minimum atomic E-state index is -0.295. The number of nitrogens with one attached hydrogen (secondary N) is 2. The minimum absolute atomic E-state index is 0. The van der Waals surface area contributed by atoms with Crippen LogP contribution in [0.4, 0.5) is 5.69 Å². The van der Waals surface area contributed by atoms with Crippen LogP contribution in [0.3, 0.4) is 0 Å². The highest BCUT2D eigenvalue weighted by Crippen LogP contribution is 2.44. The molecular weight excluding hydrogens is 338 g/mol. The second-order valence-corrected chi connectivity index (χ2v) is 7.31. The van der Waals surface area contributed by atoms with Crippen molar-refractivity contribution in [3.8, 4) is 0 Å². The molecule has 138 valence electrons. The molecule has 1 aromatic carbocycles. The third-order valence-electron chi connectivity index (χ3n) is 5.53. The van der Waals surface area contributed by atoms with Crippen molar-refractivity contribution in [1.29, 1.82) is 0 Å². The molecule has 1 heterocycles. The number of nitrogens with zero attached hydrogens (tertiary/aromatic N) is 1. The van der Waals surface area contributed by atoms with Gasteiger partial charge in [-0.3, -0.25) is 9.59 Å². The Morgan fingerprint density at radius 3 is 2.72 bits per heavy atom. The predicted octanol–water partition coefficient (Wildman–Crippen LogP) is 2.59. The summed E-state index contributed by atoms with van der Waals surface area (Å²) in [7, 11) is 1.75. The van der Waals surface area contributed by atoms with E-state index in [9.17, 15) is 9.59 Å². The number of likely N-dealkylation sites (N-methyl/N-ethyl adjacent to an activating group) is 1. The molecule has 1 aliphatic heterocycles. The van der Waals surface area contributed by atoms with E-state index >= 15 is 0 Å². The summed E-state index contributed by atoms with van der Waals surface area (Å²) in [5, 5.41) is 6.26. The largest absolute Gasteiger partial charge is 0.336 e. The van der Waals surface area contributed by atoms with Crippen molar-refractivity contribution >= 4 is 29.9 Å². The molecule has 6 heteroatoms. The van der Waals surface area contributed by atoms with Gasteiger partial charge in [0.15, 0.2) is 0 Å². The van der Waals surface area contributed by atoms with Crippen LogP contribution in [0.1, 0.15) is 31.2 Å². The van der Waals surface area contributed by atoms with Crippen LogP contribution in [-0.2, 0) is 9.59 Å². The lowest BCUT2D eigenvalue weighted by Gasteiger charge is -2.39. The van der Waals surface area contributed by atoms with E-state index in [4.69, 9.17) is 0 Å². The van der Waals surface area contributed by atoms with Crippen molar-refractivity contribution in [1.82, 2.24) is 10.2 Å². The molecule has 1 saturated heterocycles. The smallest absolute Gasteiger partial charge is 0.243 e. The second kappa shape index (κ2) is 8.19. The maximum atomic E-state index is 13.0. The van der Waals surface area contributed by atoms with Gasteiger partial charge in [-0.15, -0.1) is 12.4 Å². The predicted molar refractivity (Wildman–Crippen MR) is 102 cm³/mol. The SMILES string of the molecule is Cc1ccc(NC(=O)CN(C)C(=O)[C@@]23CCCC[C@H]2CNC3)cc1.Cl. The molecular formula is C19H28ClN3O2. The second-order valence-electron chi connectivity index (χ2n) is 7.31. The van der Waals surface area contributed by atoms with E-state index < -0.39 is 0 Å². The Hall–Kier alpha value is -1.59. The first-order valence-corrected chi connectivity index (χ1v) is 8.84. The van der Waals surface area contributed by atoms with Gasteiger partial charge >= 0.3 is 0 Å². The van der Waals surface area contributed by atoms with Crippen molar-refractivity contribution < 1.29 is 9.59 Å². The molecule has 0 bridgehead atoms. The summed E-state index contributed by atoms with van der Waals surface area (Å²) in [5.41, 5.74) is 1.62. The van der Waals surface area contributed by atoms with Crippen LogP contribution in [-0.4, -0.2) is 43.4 Å². The molecule has 0 spiro atoms. The molecule has 0 unspecified atom stereocenters. The maximum absolute atomic E-state index is 13.0. The fourth-order valence-corrected chi connectivity index (χ4v) is 4.17. The number of carbonyl (C=O) groups is 2. The van der Waals surface area contributed by atoms with E-state index in [1.54, 1.807) is 11.9 Å². The average molecular weight is 366 g/mol. The van der Waals surface area contributed by atoms with Gasteiger partial charge in [-0.2, -0.15) is 0 Å². The molecule has 3 rings (SSSR count). The number of hydrogen-bond donors (Lipinski definition) is 2. The Morgan fingerprint density at radius 1 is 1.28 bits per heavy atom. The molecule has 2 fully saturated rings. The highest BCUT2D eigenvalue weighted by atomic mass is 35.5. The molecule has 0 aromatic heterocycles. The molecule has 0 radical (unpaired) electrons. The Morgan fingerprint density at radius 2 is 2.00 bits per heavy atom. The summed E-state index contributed by atoms with van der Waals surface area (Å²) in [6.07, 6.45) is 4.36. The van der Waals surface area contributed by atoms with Crippen molar-refractivity contribution in [3.05, 3.63) is 29.8 Å². The van der Waals surface area contributed by atoms with Crippen LogP contribution in [0.25, 0.3) is 0 Å². The summed E-state index contributed by atoms with van der Waals surface area (Å²) in [4.78, 5) is 26.9. The number of aryl methyl sites for hydroxylation is 1. The highest BCUT2D eigenvalue weighted by Gasteiger charge is 2.50. The van der Waals surface area contributed by atoms with E-state index in [-0.39, 0.29) is 36.2 Å². The fourth-order valence-electron chi connectivity index (χ4n) is 4.17. The molecule has 1 aliphatic carbocycles. The molecule has 2 atom stereocenters. The quantitative estimate of drug-likeness (QED) is 0.862. The summed E-state index contributed by atoms with van der Waals surface area (Å²) in [6, 6.07) is 7.68. The molecule has 5 nitrogen and oxygen atoms in total. The van der Waals surface area contributed by atoms with Crippen LogP contribution in [0.15, 0.2) is 24.3 Å². The monoisotopic (exact) mass is 365 g/mol. The van der Waals surface area contributed by atoms with Gasteiger partial charge in [0.1, 0.15) is 0 Å². The molecule has 2 amide bonds. The first kappa shape index (κ1) is 19.7. The molecule has 2 N–H and O–H groups in total. The number of benzene rings is 1. The standard InChI is InChI=1S/C19H27N3O2.ClH/c1-14-6-8-16(9-7-14)21-17(23)12-22(2)18(24)19-10-4-3-5-15(19)11-20-13-19;/h6-9,15,20H,3-5,10-13H2,1-2H3,(H,21,23);1H/t15-,19+;/m0./s1. The number of halogens is 1. The summed E-state index contributed by atoms with van der Waals surface area (Å²) < 4.78 is 0. The van der Waals surface area contributed by atoms with Gasteiger partial charge in [0.05, 0.1) is 12.0 Å². The lowest BCUT2D eigenvalue weighted by Crippen LogP contribution is -2.50. The van der Waals surface area contributed by atoms with E-state index in [0.29, 0.717) is 5.92 Å². The third-order valence-corrected chi connectivity index (χ3v) is 5.53. The number of fused-ring (bicyclic) bond motifs is 1. The van der Waals surface area contributed by atoms with Crippen LogP contribution in [0, 0.1) is 18.3 Å².